The van der Waals surface area contributed by atoms with Crippen LogP contribution in [-0.4, -0.2) is 55.1 Å². The Balaban J connectivity index is 1.38. The molecule has 20 heavy (non-hydrogen) atoms. The van der Waals surface area contributed by atoms with Crippen LogP contribution in [0.1, 0.15) is 25.7 Å². The minimum atomic E-state index is 0.624. The van der Waals surface area contributed by atoms with Gasteiger partial charge in [0.1, 0.15) is 0 Å². The maximum Gasteiger partial charge on any atom is 0.0400 e. The van der Waals surface area contributed by atoms with E-state index in [0.717, 1.165) is 0 Å². The molecule has 0 spiro atoms. The maximum absolute atomic E-state index is 3.65. The smallest absolute Gasteiger partial charge is 0.0400 e. The lowest BCUT2D eigenvalue weighted by Gasteiger charge is -2.28. The van der Waals surface area contributed by atoms with E-state index in [1.807, 2.05) is 0 Å². The summed E-state index contributed by atoms with van der Waals surface area (Å²) in [5.74, 6) is 0. The predicted octanol–water partition coefficient (Wildman–Crippen LogP) is 2.66. The van der Waals surface area contributed by atoms with E-state index in [9.17, 15) is 0 Å². The summed E-state index contributed by atoms with van der Waals surface area (Å²) in [4.78, 5) is 5.26. The summed E-state index contributed by atoms with van der Waals surface area (Å²) in [5, 5.41) is 3.65. The lowest BCUT2D eigenvalue weighted by Crippen LogP contribution is -2.37. The molecule has 2 aliphatic rings. The zero-order chi connectivity index (χ0) is 13.6. The normalized spacial score (nSPS) is 24.9. The van der Waals surface area contributed by atoms with Crippen LogP contribution in [0.4, 0.5) is 5.69 Å². The van der Waals surface area contributed by atoms with Crippen LogP contribution in [0.3, 0.4) is 0 Å². The average Bonchev–Trinajstić information content (AvgIpc) is 2.95. The van der Waals surface area contributed by atoms with Crippen molar-refractivity contribution in [1.29, 1.82) is 0 Å². The van der Waals surface area contributed by atoms with Gasteiger partial charge in [-0.05, 0) is 44.5 Å². The molecule has 3 nitrogen and oxygen atoms in total. The maximum atomic E-state index is 3.65. The molecule has 2 heterocycles. The van der Waals surface area contributed by atoms with Crippen molar-refractivity contribution in [2.45, 2.75) is 31.7 Å². The standard InChI is InChI=1S/C17H27N3/c1-3-7-16(8-4-1)18-17-9-12-20(15-17)14-13-19-10-5-2-6-11-19/h1,3-4,7-8,17-18H,2,5-6,9-15H2. The third-order valence-electron chi connectivity index (χ3n) is 4.60. The number of nitrogens with zero attached hydrogens (tertiary/aromatic N) is 2. The molecule has 0 saturated carbocycles. The fraction of sp³-hybridized carbons (Fsp3) is 0.647. The van der Waals surface area contributed by atoms with Crippen molar-refractivity contribution in [3.05, 3.63) is 30.3 Å². The van der Waals surface area contributed by atoms with Crippen LogP contribution < -0.4 is 5.32 Å². The van der Waals surface area contributed by atoms with Gasteiger partial charge in [-0.15, -0.1) is 0 Å². The molecule has 0 radical (unpaired) electrons. The molecule has 2 fully saturated rings. The number of anilines is 1. The number of rotatable bonds is 5. The van der Waals surface area contributed by atoms with Crippen LogP contribution >= 0.6 is 0 Å². The first-order valence-corrected chi connectivity index (χ1v) is 8.16. The quantitative estimate of drug-likeness (QED) is 0.890. The number of piperidine rings is 1. The van der Waals surface area contributed by atoms with Gasteiger partial charge < -0.3 is 10.2 Å². The second-order valence-corrected chi connectivity index (χ2v) is 6.20. The highest BCUT2D eigenvalue weighted by molar-refractivity contribution is 5.43. The van der Waals surface area contributed by atoms with Gasteiger partial charge in [0, 0.05) is 37.9 Å². The molecular formula is C17H27N3. The van der Waals surface area contributed by atoms with Crippen LogP contribution in [0.15, 0.2) is 30.3 Å². The number of benzene rings is 1. The number of para-hydroxylation sites is 1. The van der Waals surface area contributed by atoms with Gasteiger partial charge in [0.25, 0.3) is 0 Å². The summed E-state index contributed by atoms with van der Waals surface area (Å²) >= 11 is 0. The van der Waals surface area contributed by atoms with Crippen molar-refractivity contribution in [2.24, 2.45) is 0 Å². The van der Waals surface area contributed by atoms with Crippen LogP contribution in [0, 0.1) is 0 Å². The molecule has 110 valence electrons. The van der Waals surface area contributed by atoms with Gasteiger partial charge in [-0.2, -0.15) is 0 Å². The van der Waals surface area contributed by atoms with Gasteiger partial charge >= 0.3 is 0 Å². The Morgan fingerprint density at radius 3 is 2.45 bits per heavy atom. The molecular weight excluding hydrogens is 246 g/mol. The first kappa shape index (κ1) is 13.9. The summed E-state index contributed by atoms with van der Waals surface area (Å²) in [5.41, 5.74) is 1.26. The highest BCUT2D eigenvalue weighted by Gasteiger charge is 2.22. The average molecular weight is 273 g/mol. The van der Waals surface area contributed by atoms with Crippen molar-refractivity contribution < 1.29 is 0 Å². The first-order valence-electron chi connectivity index (χ1n) is 8.16. The van der Waals surface area contributed by atoms with Gasteiger partial charge in [0.15, 0.2) is 0 Å². The number of hydrogen-bond acceptors (Lipinski definition) is 3. The van der Waals surface area contributed by atoms with E-state index >= 15 is 0 Å². The summed E-state index contributed by atoms with van der Waals surface area (Å²) < 4.78 is 0. The summed E-state index contributed by atoms with van der Waals surface area (Å²) in [7, 11) is 0. The Hall–Kier alpha value is -1.06. The van der Waals surface area contributed by atoms with Crippen molar-refractivity contribution in [3.8, 4) is 0 Å². The van der Waals surface area contributed by atoms with Crippen molar-refractivity contribution in [1.82, 2.24) is 9.80 Å². The zero-order valence-electron chi connectivity index (χ0n) is 12.4. The van der Waals surface area contributed by atoms with E-state index in [4.69, 9.17) is 0 Å². The highest BCUT2D eigenvalue weighted by atomic mass is 15.2. The number of hydrogen-bond donors (Lipinski definition) is 1. The highest BCUT2D eigenvalue weighted by Crippen LogP contribution is 2.16. The zero-order valence-corrected chi connectivity index (χ0v) is 12.4. The summed E-state index contributed by atoms with van der Waals surface area (Å²) in [6.45, 7) is 7.59. The molecule has 0 aromatic heterocycles. The molecule has 2 saturated heterocycles. The van der Waals surface area contributed by atoms with Gasteiger partial charge in [-0.25, -0.2) is 0 Å². The van der Waals surface area contributed by atoms with Crippen LogP contribution in [0.25, 0.3) is 0 Å². The molecule has 1 aromatic rings. The molecule has 0 aliphatic carbocycles. The minimum absolute atomic E-state index is 0.624. The molecule has 1 aromatic carbocycles. The van der Waals surface area contributed by atoms with Gasteiger partial charge in [0.2, 0.25) is 0 Å². The Kier molecular flexibility index (Phi) is 4.93. The van der Waals surface area contributed by atoms with E-state index in [2.05, 4.69) is 45.4 Å². The van der Waals surface area contributed by atoms with Gasteiger partial charge in [-0.3, -0.25) is 4.90 Å². The number of nitrogens with one attached hydrogen (secondary N) is 1. The second-order valence-electron chi connectivity index (χ2n) is 6.20. The number of likely N-dealkylation sites (tertiary alicyclic amines) is 2. The second kappa shape index (κ2) is 7.09. The minimum Gasteiger partial charge on any atom is -0.381 e. The Bertz CT molecular complexity index is 386. The fourth-order valence-corrected chi connectivity index (χ4v) is 3.39. The van der Waals surface area contributed by atoms with Crippen molar-refractivity contribution >= 4 is 5.69 Å². The van der Waals surface area contributed by atoms with Crippen molar-refractivity contribution in [2.75, 3.05) is 44.6 Å². The lowest BCUT2D eigenvalue weighted by molar-refractivity contribution is 0.196. The van der Waals surface area contributed by atoms with E-state index in [1.54, 1.807) is 0 Å². The van der Waals surface area contributed by atoms with Gasteiger partial charge in [-0.1, -0.05) is 24.6 Å². The fourth-order valence-electron chi connectivity index (χ4n) is 3.39. The molecule has 1 N–H and O–H groups in total. The molecule has 3 rings (SSSR count). The third kappa shape index (κ3) is 3.97. The van der Waals surface area contributed by atoms with Gasteiger partial charge in [0.05, 0.1) is 0 Å². The molecule has 0 bridgehead atoms. The van der Waals surface area contributed by atoms with E-state index in [0.29, 0.717) is 6.04 Å². The van der Waals surface area contributed by atoms with Crippen LogP contribution in [0.2, 0.25) is 0 Å². The summed E-state index contributed by atoms with van der Waals surface area (Å²) in [6, 6.07) is 11.2. The SMILES string of the molecule is c1ccc(NC2CCN(CCN3CCCCC3)C2)cc1. The van der Waals surface area contributed by atoms with Crippen molar-refractivity contribution in [3.63, 3.8) is 0 Å². The Morgan fingerprint density at radius 1 is 0.900 bits per heavy atom. The monoisotopic (exact) mass is 273 g/mol. The molecule has 2 aliphatic heterocycles. The predicted molar refractivity (Wildman–Crippen MR) is 85.2 cm³/mol. The van der Waals surface area contributed by atoms with Crippen LogP contribution in [0.5, 0.6) is 0 Å². The Morgan fingerprint density at radius 2 is 1.65 bits per heavy atom. The van der Waals surface area contributed by atoms with E-state index in [1.165, 1.54) is 70.6 Å². The van der Waals surface area contributed by atoms with E-state index in [-0.39, 0.29) is 0 Å². The Labute approximate surface area is 123 Å². The topological polar surface area (TPSA) is 18.5 Å². The lowest BCUT2D eigenvalue weighted by atomic mass is 10.1. The van der Waals surface area contributed by atoms with Crippen LogP contribution in [-0.2, 0) is 0 Å². The van der Waals surface area contributed by atoms with E-state index < -0.39 is 0 Å². The third-order valence-corrected chi connectivity index (χ3v) is 4.60. The molecule has 1 atom stereocenters. The molecule has 1 unspecified atom stereocenters. The first-order chi connectivity index (χ1) is 9.90. The largest absolute Gasteiger partial charge is 0.381 e. The molecule has 3 heteroatoms. The summed E-state index contributed by atoms with van der Waals surface area (Å²) in [6.07, 6.45) is 5.51. The molecule has 0 amide bonds.